The number of nitrogens with one attached hydrogen (secondary N) is 2. The maximum atomic E-state index is 13.8. The van der Waals surface area contributed by atoms with Crippen LogP contribution in [0.1, 0.15) is 53.4 Å². The first kappa shape index (κ1) is 39.8. The molecule has 0 saturated carbocycles. The summed E-state index contributed by atoms with van der Waals surface area (Å²) in [6.45, 7) is 11.2. The number of ketones is 2. The third kappa shape index (κ3) is 11.4. The van der Waals surface area contributed by atoms with E-state index >= 15 is 0 Å². The first-order chi connectivity index (χ1) is 22.8. The predicted molar refractivity (Wildman–Crippen MR) is 180 cm³/mol. The summed E-state index contributed by atoms with van der Waals surface area (Å²) >= 11 is 0. The Balaban J connectivity index is 2.73. The zero-order valence-electron chi connectivity index (χ0n) is 28.7. The summed E-state index contributed by atoms with van der Waals surface area (Å²) in [6, 6.07) is 0. The summed E-state index contributed by atoms with van der Waals surface area (Å²) in [5.41, 5.74) is 12.0. The molecule has 0 fully saturated rings. The summed E-state index contributed by atoms with van der Waals surface area (Å²) in [4.78, 5) is 64.9. The number of rotatable bonds is 10. The number of fused-ring (bicyclic) bond motifs is 2. The molecule has 0 radical (unpaired) electrons. The highest BCUT2D eigenvalue weighted by Crippen LogP contribution is 2.30. The summed E-state index contributed by atoms with van der Waals surface area (Å²) in [6.07, 6.45) is 5.81. The van der Waals surface area contributed by atoms with Crippen molar-refractivity contribution in [3.8, 4) is 0 Å². The van der Waals surface area contributed by atoms with E-state index in [-0.39, 0.29) is 47.8 Å². The number of methoxy groups -OCH3 is 2. The number of esters is 1. The molecular formula is C35H50N4O9. The fourth-order valence-electron chi connectivity index (χ4n) is 5.58. The molecule has 1 aliphatic heterocycles. The molecule has 1 aliphatic carbocycles. The third-order valence-corrected chi connectivity index (χ3v) is 8.03. The summed E-state index contributed by atoms with van der Waals surface area (Å²) in [5, 5.41) is 5.55. The molecule has 13 heteroatoms. The number of allylic oxidation sites excluding steroid dienone is 4. The minimum atomic E-state index is -1.02. The van der Waals surface area contributed by atoms with Crippen LogP contribution in [0.3, 0.4) is 0 Å². The Labute approximate surface area is 282 Å². The molecule has 0 aromatic rings. The molecule has 264 valence electrons. The van der Waals surface area contributed by atoms with Crippen molar-refractivity contribution < 1.29 is 42.9 Å². The third-order valence-electron chi connectivity index (χ3n) is 8.03. The van der Waals surface area contributed by atoms with Crippen LogP contribution in [0, 0.1) is 11.8 Å². The maximum absolute atomic E-state index is 13.8. The van der Waals surface area contributed by atoms with Crippen LogP contribution in [0.2, 0.25) is 0 Å². The summed E-state index contributed by atoms with van der Waals surface area (Å²) < 4.78 is 23.0. The Morgan fingerprint density at radius 3 is 2.44 bits per heavy atom. The van der Waals surface area contributed by atoms with E-state index < -0.39 is 59.9 Å². The van der Waals surface area contributed by atoms with Crippen molar-refractivity contribution in [1.82, 2.24) is 10.6 Å². The van der Waals surface area contributed by atoms with E-state index in [0.717, 1.165) is 6.08 Å². The van der Waals surface area contributed by atoms with Crippen LogP contribution in [0.5, 0.6) is 0 Å². The second kappa shape index (κ2) is 19.5. The van der Waals surface area contributed by atoms with E-state index in [0.29, 0.717) is 25.0 Å². The number of carbonyl (C=O) groups is 5. The van der Waals surface area contributed by atoms with E-state index in [9.17, 15) is 24.0 Å². The smallest absolute Gasteiger partial charge is 0.405 e. The van der Waals surface area contributed by atoms with Gasteiger partial charge in [0.2, 0.25) is 11.6 Å². The Morgan fingerprint density at radius 2 is 1.83 bits per heavy atom. The van der Waals surface area contributed by atoms with Gasteiger partial charge in [0.1, 0.15) is 12.2 Å². The lowest BCUT2D eigenvalue weighted by molar-refractivity contribution is -0.160. The second-order valence-corrected chi connectivity index (χ2v) is 12.0. The van der Waals surface area contributed by atoms with Crippen molar-refractivity contribution in [1.29, 1.82) is 0 Å². The molecule has 0 aromatic heterocycles. The molecule has 2 rings (SSSR count). The summed E-state index contributed by atoms with van der Waals surface area (Å²) in [7, 11) is 2.92. The van der Waals surface area contributed by atoms with Crippen molar-refractivity contribution in [3.63, 3.8) is 0 Å². The van der Waals surface area contributed by atoms with Crippen LogP contribution in [0.4, 0.5) is 4.79 Å². The van der Waals surface area contributed by atoms with E-state index in [4.69, 9.17) is 30.4 Å². The van der Waals surface area contributed by atoms with Crippen LogP contribution in [0.15, 0.2) is 71.1 Å². The summed E-state index contributed by atoms with van der Waals surface area (Å²) in [5.74, 6) is -2.75. The van der Waals surface area contributed by atoms with Gasteiger partial charge in [-0.2, -0.15) is 0 Å². The van der Waals surface area contributed by atoms with Gasteiger partial charge in [-0.15, -0.1) is 6.58 Å². The maximum Gasteiger partial charge on any atom is 0.405 e. The quantitative estimate of drug-likeness (QED) is 0.151. The van der Waals surface area contributed by atoms with Gasteiger partial charge in [-0.25, -0.2) is 4.79 Å². The highest BCUT2D eigenvalue weighted by atomic mass is 16.6. The molecule has 2 bridgehead atoms. The molecule has 0 unspecified atom stereocenters. The van der Waals surface area contributed by atoms with Gasteiger partial charge in [-0.3, -0.25) is 19.2 Å². The van der Waals surface area contributed by atoms with Gasteiger partial charge in [-0.1, -0.05) is 44.2 Å². The fraction of sp³-hybridized carbons (Fsp3) is 0.514. The molecule has 2 aliphatic rings. The highest BCUT2D eigenvalue weighted by Gasteiger charge is 2.35. The van der Waals surface area contributed by atoms with Gasteiger partial charge < -0.3 is 41.0 Å². The lowest BCUT2D eigenvalue weighted by atomic mass is 9.85. The topological polar surface area (TPSA) is 198 Å². The van der Waals surface area contributed by atoms with Gasteiger partial charge in [0, 0.05) is 50.3 Å². The van der Waals surface area contributed by atoms with E-state index in [1.54, 1.807) is 38.2 Å². The highest BCUT2D eigenvalue weighted by molar-refractivity contribution is 6.23. The standard InChI is InChI=1S/C35H50N4O9/c1-8-15-38-30-24-16-20(2)17-28(46-7)33(47-29(41)13-10-14-36)23(5)18-22(4)32(48-35(37)44)27(45-6)12-9-11-21(3)34(43)39-25(31(24)42)19-26(30)40/h8-9,11-12,18-20,23,27-28,32-33,38H,1,10,13-17,36H2,2-7H3,(H2,37,44)(H,39,43)/b12-9-,21-11+,22-18+/t20-,23+,27+,28+,32+,33-/m1/s1. The van der Waals surface area contributed by atoms with Crippen molar-refractivity contribution in [2.75, 3.05) is 27.3 Å². The number of hydrogen-bond donors (Lipinski definition) is 4. The predicted octanol–water partition coefficient (Wildman–Crippen LogP) is 2.83. The second-order valence-electron chi connectivity index (χ2n) is 12.0. The number of amides is 2. The number of nitrogens with two attached hydrogens (primary N) is 2. The minimum Gasteiger partial charge on any atom is -0.459 e. The Bertz CT molecular complexity index is 1380. The monoisotopic (exact) mass is 670 g/mol. The Hall–Kier alpha value is -4.33. The molecule has 13 nitrogen and oxygen atoms in total. The number of primary amides is 1. The Morgan fingerprint density at radius 1 is 1.12 bits per heavy atom. The van der Waals surface area contributed by atoms with Gasteiger partial charge in [0.25, 0.3) is 5.91 Å². The Kier molecular flexibility index (Phi) is 16.2. The van der Waals surface area contributed by atoms with Crippen molar-refractivity contribution in [2.45, 2.75) is 77.8 Å². The normalized spacial score (nSPS) is 29.0. The molecule has 1 heterocycles. The first-order valence-electron chi connectivity index (χ1n) is 15.9. The van der Waals surface area contributed by atoms with Gasteiger partial charge >= 0.3 is 12.1 Å². The lowest BCUT2D eigenvalue weighted by Crippen LogP contribution is -2.40. The number of ether oxygens (including phenoxy) is 4. The minimum absolute atomic E-state index is 0.105. The van der Waals surface area contributed by atoms with Crippen molar-refractivity contribution >= 4 is 29.5 Å². The van der Waals surface area contributed by atoms with Crippen LogP contribution >= 0.6 is 0 Å². The zero-order valence-corrected chi connectivity index (χ0v) is 28.7. The molecule has 2 amide bonds. The zero-order chi connectivity index (χ0) is 36.0. The SMILES string of the molecule is C=CCNC1=C2C[C@@H](C)C[C@H](OC)[C@H](OC(=O)CCCN)[C@@H](C)/C=C(\C)[C@H](OC(N)=O)[C@@H](OC)/C=C\C=C(/C)C(=O)NC(=CC1=O)C2=O. The molecule has 0 aromatic carbocycles. The molecule has 6 N–H and O–H groups in total. The lowest BCUT2D eigenvalue weighted by Gasteiger charge is -2.32. The van der Waals surface area contributed by atoms with Crippen LogP contribution in [-0.4, -0.2) is 81.3 Å². The van der Waals surface area contributed by atoms with Crippen LogP contribution < -0.4 is 22.1 Å². The average molecular weight is 671 g/mol. The van der Waals surface area contributed by atoms with Crippen LogP contribution in [-0.2, 0) is 38.1 Å². The van der Waals surface area contributed by atoms with Gasteiger partial charge in [0.15, 0.2) is 6.10 Å². The molecule has 48 heavy (non-hydrogen) atoms. The average Bonchev–Trinajstić information content (AvgIpc) is 3.03. The first-order valence-corrected chi connectivity index (χ1v) is 15.9. The number of Topliss-reactive ketones (excluding diaryl/α,β-unsaturated/α-hetero) is 1. The van der Waals surface area contributed by atoms with Gasteiger partial charge in [0.05, 0.1) is 17.5 Å². The van der Waals surface area contributed by atoms with E-state index in [1.807, 2.05) is 13.8 Å². The van der Waals surface area contributed by atoms with E-state index in [2.05, 4.69) is 17.2 Å². The molecule has 6 atom stereocenters. The van der Waals surface area contributed by atoms with Crippen molar-refractivity contribution in [3.05, 3.63) is 71.1 Å². The fourth-order valence-corrected chi connectivity index (χ4v) is 5.58. The molecular weight excluding hydrogens is 620 g/mol. The van der Waals surface area contributed by atoms with Crippen LogP contribution in [0.25, 0.3) is 0 Å². The molecule has 0 saturated heterocycles. The molecule has 0 spiro atoms. The van der Waals surface area contributed by atoms with Crippen molar-refractivity contribution in [2.24, 2.45) is 23.3 Å². The number of hydrogen-bond acceptors (Lipinski definition) is 11. The largest absolute Gasteiger partial charge is 0.459 e. The number of carbonyl (C=O) groups excluding carboxylic acids is 5. The van der Waals surface area contributed by atoms with E-state index in [1.165, 1.54) is 20.3 Å². The van der Waals surface area contributed by atoms with Gasteiger partial charge in [-0.05, 0) is 51.1 Å².